The van der Waals surface area contributed by atoms with E-state index in [9.17, 15) is 4.79 Å². The second-order valence-electron chi connectivity index (χ2n) is 2.18. The zero-order valence-electron chi connectivity index (χ0n) is 5.83. The number of halogens is 1. The summed E-state index contributed by atoms with van der Waals surface area (Å²) in [5.41, 5.74) is 5.73. The molecule has 1 rings (SSSR count). The fourth-order valence-corrected chi connectivity index (χ4v) is 0.932. The average molecular weight is 170 g/mol. The number of rotatable bonds is 2. The minimum Gasteiger partial charge on any atom is -0.368 e. The molecule has 0 bridgehead atoms. The first-order chi connectivity index (χ1) is 5.22. The number of hydrogen-bond acceptors (Lipinski definition) is 1. The van der Waals surface area contributed by atoms with Gasteiger partial charge in [-0.1, -0.05) is 30.3 Å². The van der Waals surface area contributed by atoms with Crippen LogP contribution in [-0.4, -0.2) is 5.91 Å². The molecule has 58 valence electrons. The van der Waals surface area contributed by atoms with Crippen LogP contribution in [0.2, 0.25) is 0 Å². The van der Waals surface area contributed by atoms with Crippen molar-refractivity contribution in [3.05, 3.63) is 35.9 Å². The van der Waals surface area contributed by atoms with Crippen molar-refractivity contribution in [2.75, 3.05) is 0 Å². The van der Waals surface area contributed by atoms with Gasteiger partial charge in [-0.05, 0) is 5.56 Å². The van der Waals surface area contributed by atoms with Gasteiger partial charge in [0.2, 0.25) is 5.91 Å². The molecular weight excluding hydrogens is 162 g/mol. The van der Waals surface area contributed by atoms with Crippen LogP contribution in [-0.2, 0) is 4.79 Å². The Labute approximate surface area is 70.0 Å². The van der Waals surface area contributed by atoms with Gasteiger partial charge in [-0.2, -0.15) is 0 Å². The van der Waals surface area contributed by atoms with Crippen molar-refractivity contribution in [3.8, 4) is 0 Å². The van der Waals surface area contributed by atoms with Crippen LogP contribution in [0.15, 0.2) is 30.3 Å². The van der Waals surface area contributed by atoms with Crippen LogP contribution in [0.3, 0.4) is 0 Å². The SMILES string of the molecule is NC(=O)[C@H](Cl)c1ccccc1. The van der Waals surface area contributed by atoms with Gasteiger partial charge in [0.1, 0.15) is 5.38 Å². The average Bonchev–Trinajstić information content (AvgIpc) is 2.05. The molecule has 1 amide bonds. The summed E-state index contributed by atoms with van der Waals surface area (Å²) in [6, 6.07) is 9.01. The molecule has 0 spiro atoms. The summed E-state index contributed by atoms with van der Waals surface area (Å²) in [7, 11) is 0. The maximum Gasteiger partial charge on any atom is 0.240 e. The third-order valence-electron chi connectivity index (χ3n) is 1.34. The Morgan fingerprint density at radius 3 is 2.36 bits per heavy atom. The van der Waals surface area contributed by atoms with E-state index in [1.165, 1.54) is 0 Å². The quantitative estimate of drug-likeness (QED) is 0.670. The van der Waals surface area contributed by atoms with Crippen molar-refractivity contribution in [3.63, 3.8) is 0 Å². The minimum absolute atomic E-state index is 0.516. The fourth-order valence-electron chi connectivity index (χ4n) is 0.786. The second kappa shape index (κ2) is 3.39. The highest BCUT2D eigenvalue weighted by atomic mass is 35.5. The van der Waals surface area contributed by atoms with Crippen LogP contribution in [0.4, 0.5) is 0 Å². The van der Waals surface area contributed by atoms with Gasteiger partial charge in [0.25, 0.3) is 0 Å². The van der Waals surface area contributed by atoms with Crippen LogP contribution in [0.25, 0.3) is 0 Å². The van der Waals surface area contributed by atoms with E-state index >= 15 is 0 Å². The second-order valence-corrected chi connectivity index (χ2v) is 2.61. The van der Waals surface area contributed by atoms with E-state index in [0.717, 1.165) is 5.56 Å². The number of carbonyl (C=O) groups is 1. The number of amides is 1. The van der Waals surface area contributed by atoms with Crippen molar-refractivity contribution < 1.29 is 4.79 Å². The molecule has 2 N–H and O–H groups in total. The normalized spacial score (nSPS) is 12.5. The predicted molar refractivity (Wildman–Crippen MR) is 44.2 cm³/mol. The lowest BCUT2D eigenvalue weighted by molar-refractivity contribution is -0.117. The van der Waals surface area contributed by atoms with Gasteiger partial charge in [0, 0.05) is 0 Å². The summed E-state index contributed by atoms with van der Waals surface area (Å²) in [5.74, 6) is -0.516. The van der Waals surface area contributed by atoms with E-state index in [0.29, 0.717) is 0 Å². The number of primary amides is 1. The molecule has 0 fully saturated rings. The molecule has 0 aromatic heterocycles. The summed E-state index contributed by atoms with van der Waals surface area (Å²) in [6.45, 7) is 0. The first-order valence-corrected chi connectivity index (χ1v) is 3.64. The number of alkyl halides is 1. The minimum atomic E-state index is -0.712. The molecule has 3 heteroatoms. The largest absolute Gasteiger partial charge is 0.368 e. The molecule has 0 aliphatic carbocycles. The molecule has 0 saturated heterocycles. The summed E-state index contributed by atoms with van der Waals surface area (Å²) in [5, 5.41) is -0.712. The van der Waals surface area contributed by atoms with E-state index in [4.69, 9.17) is 17.3 Å². The molecule has 2 nitrogen and oxygen atoms in total. The molecule has 0 aliphatic rings. The first-order valence-electron chi connectivity index (χ1n) is 3.20. The predicted octanol–water partition coefficient (Wildman–Crippen LogP) is 1.45. The molecular formula is C8H8ClNO. The van der Waals surface area contributed by atoms with Crippen molar-refractivity contribution in [2.24, 2.45) is 5.73 Å². The molecule has 0 heterocycles. The molecule has 0 saturated carbocycles. The zero-order chi connectivity index (χ0) is 8.27. The Kier molecular flexibility index (Phi) is 2.49. The van der Waals surface area contributed by atoms with Crippen LogP contribution >= 0.6 is 11.6 Å². The van der Waals surface area contributed by atoms with E-state index in [-0.39, 0.29) is 0 Å². The highest BCUT2D eigenvalue weighted by Crippen LogP contribution is 2.18. The Balaban J connectivity index is 2.85. The summed E-state index contributed by atoms with van der Waals surface area (Å²) < 4.78 is 0. The molecule has 0 aliphatic heterocycles. The lowest BCUT2D eigenvalue weighted by Gasteiger charge is -2.03. The molecule has 0 unspecified atom stereocenters. The summed E-state index contributed by atoms with van der Waals surface area (Å²) >= 11 is 5.67. The molecule has 1 aromatic carbocycles. The maximum atomic E-state index is 10.6. The Morgan fingerprint density at radius 1 is 1.36 bits per heavy atom. The van der Waals surface area contributed by atoms with E-state index < -0.39 is 11.3 Å². The molecule has 11 heavy (non-hydrogen) atoms. The standard InChI is InChI=1S/C8H8ClNO/c9-7(8(10)11)6-4-2-1-3-5-6/h1-5,7H,(H2,10,11)/t7-/m1/s1. The molecule has 1 aromatic rings. The number of benzene rings is 1. The van der Waals surface area contributed by atoms with E-state index in [1.807, 2.05) is 18.2 Å². The van der Waals surface area contributed by atoms with Gasteiger partial charge >= 0.3 is 0 Å². The Hall–Kier alpha value is -1.02. The Bertz CT molecular complexity index is 248. The Morgan fingerprint density at radius 2 is 1.91 bits per heavy atom. The zero-order valence-corrected chi connectivity index (χ0v) is 6.58. The van der Waals surface area contributed by atoms with Crippen molar-refractivity contribution in [2.45, 2.75) is 5.38 Å². The smallest absolute Gasteiger partial charge is 0.240 e. The third kappa shape index (κ3) is 1.95. The van der Waals surface area contributed by atoms with Gasteiger partial charge in [0.15, 0.2) is 0 Å². The highest BCUT2D eigenvalue weighted by molar-refractivity contribution is 6.30. The monoisotopic (exact) mass is 169 g/mol. The lowest BCUT2D eigenvalue weighted by atomic mass is 10.1. The van der Waals surface area contributed by atoms with Crippen molar-refractivity contribution in [1.82, 2.24) is 0 Å². The van der Waals surface area contributed by atoms with Gasteiger partial charge in [-0.15, -0.1) is 11.6 Å². The van der Waals surface area contributed by atoms with Gasteiger partial charge in [-0.3, -0.25) is 4.79 Å². The van der Waals surface area contributed by atoms with Crippen LogP contribution in [0.5, 0.6) is 0 Å². The maximum absolute atomic E-state index is 10.6. The van der Waals surface area contributed by atoms with Crippen molar-refractivity contribution in [1.29, 1.82) is 0 Å². The fraction of sp³-hybridized carbons (Fsp3) is 0.125. The number of nitrogens with two attached hydrogens (primary N) is 1. The van der Waals surface area contributed by atoms with Crippen molar-refractivity contribution >= 4 is 17.5 Å². The number of carbonyl (C=O) groups excluding carboxylic acids is 1. The topological polar surface area (TPSA) is 43.1 Å². The summed E-state index contributed by atoms with van der Waals surface area (Å²) in [4.78, 5) is 10.6. The van der Waals surface area contributed by atoms with Gasteiger partial charge in [0.05, 0.1) is 0 Å². The summed E-state index contributed by atoms with van der Waals surface area (Å²) in [6.07, 6.45) is 0. The van der Waals surface area contributed by atoms with E-state index in [2.05, 4.69) is 0 Å². The van der Waals surface area contributed by atoms with Crippen LogP contribution in [0.1, 0.15) is 10.9 Å². The van der Waals surface area contributed by atoms with E-state index in [1.54, 1.807) is 12.1 Å². The third-order valence-corrected chi connectivity index (χ3v) is 1.81. The lowest BCUT2D eigenvalue weighted by Crippen LogP contribution is -2.16. The highest BCUT2D eigenvalue weighted by Gasteiger charge is 2.12. The molecule has 1 atom stereocenters. The molecule has 0 radical (unpaired) electrons. The van der Waals surface area contributed by atoms with Crippen LogP contribution < -0.4 is 5.73 Å². The number of hydrogen-bond donors (Lipinski definition) is 1. The first kappa shape index (κ1) is 8.08. The van der Waals surface area contributed by atoms with Gasteiger partial charge in [-0.25, -0.2) is 0 Å². The van der Waals surface area contributed by atoms with Crippen LogP contribution in [0, 0.1) is 0 Å². The van der Waals surface area contributed by atoms with Gasteiger partial charge < -0.3 is 5.73 Å².